The van der Waals surface area contributed by atoms with E-state index in [1.54, 1.807) is 0 Å². The van der Waals surface area contributed by atoms with Crippen LogP contribution < -0.4 is 0 Å². The van der Waals surface area contributed by atoms with Crippen molar-refractivity contribution in [2.45, 2.75) is 361 Å². The highest BCUT2D eigenvalue weighted by atomic mass is 16.6. The van der Waals surface area contributed by atoms with E-state index in [-0.39, 0.29) is 31.1 Å². The molecule has 1 atom stereocenters. The van der Waals surface area contributed by atoms with Gasteiger partial charge in [0.25, 0.3) is 0 Å². The maximum absolute atomic E-state index is 12.9. The molecule has 0 heterocycles. The van der Waals surface area contributed by atoms with E-state index in [2.05, 4.69) is 81.5 Å². The van der Waals surface area contributed by atoms with Crippen LogP contribution in [0.25, 0.3) is 0 Å². The van der Waals surface area contributed by atoms with E-state index in [1.807, 2.05) is 0 Å². The van der Waals surface area contributed by atoms with Gasteiger partial charge in [0.2, 0.25) is 0 Å². The SMILES string of the molecule is CC/C=C\C/C=C\C/C=C\C/C=C\CCCCCCC(=O)OC(COC(=O)CCCCCCC/C=C\CCCC)COC(=O)CCCCCCCCCCCCCCCCCCCCCCCCCCCCCCCCC. The summed E-state index contributed by atoms with van der Waals surface area (Å²) in [5.41, 5.74) is 0. The average molecular weight is 1080 g/mol. The van der Waals surface area contributed by atoms with Crippen molar-refractivity contribution in [1.29, 1.82) is 0 Å². The summed E-state index contributed by atoms with van der Waals surface area (Å²) in [6, 6.07) is 0. The van der Waals surface area contributed by atoms with Crippen LogP contribution in [-0.2, 0) is 28.6 Å². The Morgan fingerprint density at radius 2 is 0.519 bits per heavy atom. The summed E-state index contributed by atoms with van der Waals surface area (Å²) >= 11 is 0. The molecule has 0 aromatic heterocycles. The molecule has 0 spiro atoms. The number of unbranched alkanes of at least 4 members (excludes halogenated alkanes) is 41. The fraction of sp³-hybridized carbons (Fsp3) is 0.817. The third-order valence-electron chi connectivity index (χ3n) is 15.0. The minimum atomic E-state index is -0.790. The lowest BCUT2D eigenvalue weighted by Gasteiger charge is -2.18. The molecule has 1 unspecified atom stereocenters. The second-order valence-corrected chi connectivity index (χ2v) is 22.7. The Morgan fingerprint density at radius 3 is 0.844 bits per heavy atom. The van der Waals surface area contributed by atoms with E-state index in [9.17, 15) is 14.4 Å². The fourth-order valence-corrected chi connectivity index (χ4v) is 9.95. The summed E-state index contributed by atoms with van der Waals surface area (Å²) in [4.78, 5) is 38.2. The lowest BCUT2D eigenvalue weighted by Crippen LogP contribution is -2.30. The molecule has 0 aromatic rings. The summed E-state index contributed by atoms with van der Waals surface area (Å²) < 4.78 is 16.9. The van der Waals surface area contributed by atoms with Gasteiger partial charge >= 0.3 is 17.9 Å². The number of rotatable bonds is 62. The molecule has 77 heavy (non-hydrogen) atoms. The van der Waals surface area contributed by atoms with Crippen LogP contribution in [0, 0.1) is 0 Å². The summed E-state index contributed by atoms with van der Waals surface area (Å²) in [5.74, 6) is -0.902. The third-order valence-corrected chi connectivity index (χ3v) is 15.0. The van der Waals surface area contributed by atoms with Crippen molar-refractivity contribution >= 4 is 17.9 Å². The highest BCUT2D eigenvalue weighted by molar-refractivity contribution is 5.71. The van der Waals surface area contributed by atoms with E-state index in [0.29, 0.717) is 19.3 Å². The topological polar surface area (TPSA) is 78.9 Å². The molecule has 448 valence electrons. The van der Waals surface area contributed by atoms with Gasteiger partial charge in [-0.25, -0.2) is 0 Å². The van der Waals surface area contributed by atoms with Crippen LogP contribution in [0.2, 0.25) is 0 Å². The molecule has 6 nitrogen and oxygen atoms in total. The molecule has 0 aromatic carbocycles. The zero-order valence-corrected chi connectivity index (χ0v) is 51.5. The smallest absolute Gasteiger partial charge is 0.306 e. The first-order valence-corrected chi connectivity index (χ1v) is 33.8. The predicted molar refractivity (Wildman–Crippen MR) is 335 cm³/mol. The van der Waals surface area contributed by atoms with Gasteiger partial charge in [-0.3, -0.25) is 14.4 Å². The molecule has 6 heteroatoms. The Labute approximate surface area is 479 Å². The fourth-order valence-electron chi connectivity index (χ4n) is 9.95. The van der Waals surface area contributed by atoms with Gasteiger partial charge in [-0.05, 0) is 77.0 Å². The van der Waals surface area contributed by atoms with Gasteiger partial charge in [0.05, 0.1) is 0 Å². The van der Waals surface area contributed by atoms with Crippen molar-refractivity contribution < 1.29 is 28.6 Å². The number of carbonyl (C=O) groups excluding carboxylic acids is 3. The zero-order chi connectivity index (χ0) is 55.7. The second-order valence-electron chi connectivity index (χ2n) is 22.7. The van der Waals surface area contributed by atoms with Gasteiger partial charge in [0.1, 0.15) is 13.2 Å². The van der Waals surface area contributed by atoms with Crippen molar-refractivity contribution in [3.63, 3.8) is 0 Å². The van der Waals surface area contributed by atoms with Gasteiger partial charge in [-0.2, -0.15) is 0 Å². The van der Waals surface area contributed by atoms with Gasteiger partial charge in [0, 0.05) is 19.3 Å². The van der Waals surface area contributed by atoms with Crippen molar-refractivity contribution in [3.8, 4) is 0 Å². The first-order valence-electron chi connectivity index (χ1n) is 33.8. The molecular weight excluding hydrogens is 949 g/mol. The van der Waals surface area contributed by atoms with Crippen LogP contribution in [0.4, 0.5) is 0 Å². The monoisotopic (exact) mass is 1080 g/mol. The highest BCUT2D eigenvalue weighted by Gasteiger charge is 2.19. The summed E-state index contributed by atoms with van der Waals surface area (Å²) in [7, 11) is 0. The number of ether oxygens (including phenoxy) is 3. The van der Waals surface area contributed by atoms with Crippen LogP contribution >= 0.6 is 0 Å². The Balaban J connectivity index is 4.12. The highest BCUT2D eigenvalue weighted by Crippen LogP contribution is 2.18. The Bertz CT molecular complexity index is 1380. The molecular formula is C71H128O6. The van der Waals surface area contributed by atoms with Gasteiger partial charge in [-0.1, -0.05) is 319 Å². The van der Waals surface area contributed by atoms with Crippen molar-refractivity contribution in [3.05, 3.63) is 60.8 Å². The molecule has 0 fully saturated rings. The third kappa shape index (κ3) is 63.8. The number of allylic oxidation sites excluding steroid dienone is 10. The number of hydrogen-bond acceptors (Lipinski definition) is 6. The molecule has 0 N–H and O–H groups in total. The van der Waals surface area contributed by atoms with Gasteiger partial charge in [-0.15, -0.1) is 0 Å². The Hall–Kier alpha value is -2.89. The van der Waals surface area contributed by atoms with E-state index >= 15 is 0 Å². The molecule has 0 radical (unpaired) electrons. The van der Waals surface area contributed by atoms with Gasteiger partial charge < -0.3 is 14.2 Å². The van der Waals surface area contributed by atoms with Crippen LogP contribution in [0.15, 0.2) is 60.8 Å². The molecule has 0 aliphatic heterocycles. The number of esters is 3. The van der Waals surface area contributed by atoms with E-state index in [1.165, 1.54) is 212 Å². The first-order chi connectivity index (χ1) is 38.0. The normalized spacial score (nSPS) is 12.4. The van der Waals surface area contributed by atoms with Crippen LogP contribution in [0.5, 0.6) is 0 Å². The molecule has 0 amide bonds. The van der Waals surface area contributed by atoms with Crippen LogP contribution in [0.3, 0.4) is 0 Å². The summed E-state index contributed by atoms with van der Waals surface area (Å²) in [6.07, 6.45) is 84.1. The van der Waals surface area contributed by atoms with Crippen molar-refractivity contribution in [2.75, 3.05) is 13.2 Å². The quantitative estimate of drug-likeness (QED) is 0.0261. The first kappa shape index (κ1) is 74.1. The molecule has 0 aliphatic carbocycles. The van der Waals surface area contributed by atoms with E-state index in [4.69, 9.17) is 14.2 Å². The largest absolute Gasteiger partial charge is 0.462 e. The van der Waals surface area contributed by atoms with Crippen LogP contribution in [0.1, 0.15) is 355 Å². The number of hydrogen-bond donors (Lipinski definition) is 0. The average Bonchev–Trinajstić information content (AvgIpc) is 3.43. The van der Waals surface area contributed by atoms with Crippen LogP contribution in [-0.4, -0.2) is 37.2 Å². The number of carbonyl (C=O) groups is 3. The maximum Gasteiger partial charge on any atom is 0.306 e. The molecule has 0 saturated carbocycles. The van der Waals surface area contributed by atoms with E-state index in [0.717, 1.165) is 103 Å². The molecule has 0 rings (SSSR count). The summed E-state index contributed by atoms with van der Waals surface area (Å²) in [6.45, 7) is 6.51. The molecule has 0 aliphatic rings. The zero-order valence-electron chi connectivity index (χ0n) is 51.5. The lowest BCUT2D eigenvalue weighted by atomic mass is 10.0. The minimum absolute atomic E-state index is 0.0841. The lowest BCUT2D eigenvalue weighted by molar-refractivity contribution is -0.167. The van der Waals surface area contributed by atoms with Crippen molar-refractivity contribution in [1.82, 2.24) is 0 Å². The predicted octanol–water partition coefficient (Wildman–Crippen LogP) is 23.1. The molecule has 0 saturated heterocycles. The Kier molecular flexibility index (Phi) is 63.2. The minimum Gasteiger partial charge on any atom is -0.462 e. The summed E-state index contributed by atoms with van der Waals surface area (Å²) in [5, 5.41) is 0. The standard InChI is InChI=1S/C71H128O6/c1-4-7-10-13-16-19-22-24-26-28-29-30-31-32-33-34-35-36-37-38-39-40-41-43-44-46-49-52-55-58-61-64-70(73)76-67-68(66-75-69(72)63-60-57-54-51-48-21-18-15-12-9-6-3)77-71(74)65-62-59-56-53-50-47-45-42-27-25-23-20-17-14-11-8-5-2/h8,11,15,17-18,20,25,27,45,47,68H,4-7,9-10,12-14,16,19,21-24,26,28-44,46,48-67H2,1-3H3/b11-8-,18-15-,20-17-,27-25-,47-45-. The molecule has 0 bridgehead atoms. The maximum atomic E-state index is 12.9. The van der Waals surface area contributed by atoms with E-state index < -0.39 is 6.10 Å². The second kappa shape index (κ2) is 65.6. The van der Waals surface area contributed by atoms with Crippen molar-refractivity contribution in [2.24, 2.45) is 0 Å². The van der Waals surface area contributed by atoms with Gasteiger partial charge in [0.15, 0.2) is 6.10 Å². The Morgan fingerprint density at radius 1 is 0.273 bits per heavy atom.